The molecular formula is C13H18I2O5Si. The zero-order chi connectivity index (χ0) is 15.9. The molecule has 1 aromatic rings. The average molecular weight is 536 g/mol. The SMILES string of the molecule is CO[Si](CCCOC(=O)c1cccc(I)c1I)(OC)OC. The molecule has 21 heavy (non-hydrogen) atoms. The van der Waals surface area contributed by atoms with Crippen molar-refractivity contribution in [2.75, 3.05) is 27.9 Å². The molecule has 0 fully saturated rings. The van der Waals surface area contributed by atoms with Crippen LogP contribution in [0.4, 0.5) is 0 Å². The van der Waals surface area contributed by atoms with Gasteiger partial charge in [-0.2, -0.15) is 0 Å². The summed E-state index contributed by atoms with van der Waals surface area (Å²) in [6.45, 7) is 0.311. The van der Waals surface area contributed by atoms with Crippen molar-refractivity contribution < 1.29 is 22.8 Å². The maximum atomic E-state index is 12.0. The summed E-state index contributed by atoms with van der Waals surface area (Å²) in [5.74, 6) is -0.308. The van der Waals surface area contributed by atoms with Gasteiger partial charge in [-0.1, -0.05) is 6.07 Å². The third-order valence-corrected chi connectivity index (χ3v) is 8.89. The number of hydrogen-bond donors (Lipinski definition) is 0. The molecule has 1 aromatic carbocycles. The zero-order valence-corrected chi connectivity index (χ0v) is 17.5. The zero-order valence-electron chi connectivity index (χ0n) is 12.2. The van der Waals surface area contributed by atoms with Crippen molar-refractivity contribution in [2.45, 2.75) is 12.5 Å². The van der Waals surface area contributed by atoms with Gasteiger partial charge in [-0.3, -0.25) is 0 Å². The van der Waals surface area contributed by atoms with Crippen LogP contribution in [0.15, 0.2) is 18.2 Å². The van der Waals surface area contributed by atoms with E-state index in [0.717, 1.165) is 7.14 Å². The Morgan fingerprint density at radius 1 is 1.14 bits per heavy atom. The van der Waals surface area contributed by atoms with E-state index in [-0.39, 0.29) is 5.97 Å². The molecule has 5 nitrogen and oxygen atoms in total. The van der Waals surface area contributed by atoms with Crippen molar-refractivity contribution in [2.24, 2.45) is 0 Å². The number of halogens is 2. The first-order valence-corrected chi connectivity index (χ1v) is 10.3. The molecule has 0 aliphatic carbocycles. The minimum Gasteiger partial charge on any atom is -0.462 e. The molecule has 0 amide bonds. The van der Waals surface area contributed by atoms with Gasteiger partial charge in [0.25, 0.3) is 0 Å². The number of carbonyl (C=O) groups is 1. The van der Waals surface area contributed by atoms with Crippen molar-refractivity contribution >= 4 is 60.0 Å². The molecule has 0 bridgehead atoms. The van der Waals surface area contributed by atoms with E-state index in [4.69, 9.17) is 18.0 Å². The van der Waals surface area contributed by atoms with Crippen LogP contribution in [0.3, 0.4) is 0 Å². The summed E-state index contributed by atoms with van der Waals surface area (Å²) in [7, 11) is 2.12. The van der Waals surface area contributed by atoms with Gasteiger partial charge in [0.1, 0.15) is 0 Å². The maximum Gasteiger partial charge on any atom is 0.500 e. The molecule has 0 N–H and O–H groups in total. The fourth-order valence-corrected chi connectivity index (χ4v) is 4.52. The second-order valence-corrected chi connectivity index (χ2v) is 9.47. The Kier molecular flexibility index (Phi) is 8.64. The molecule has 8 heteroatoms. The molecule has 0 aliphatic rings. The Bertz CT molecular complexity index is 471. The number of ether oxygens (including phenoxy) is 1. The van der Waals surface area contributed by atoms with E-state index in [1.165, 1.54) is 0 Å². The van der Waals surface area contributed by atoms with Gasteiger partial charge >= 0.3 is 14.8 Å². The molecule has 1 rings (SSSR count). The van der Waals surface area contributed by atoms with Crippen molar-refractivity contribution in [3.05, 3.63) is 30.9 Å². The maximum absolute atomic E-state index is 12.0. The Morgan fingerprint density at radius 2 is 1.76 bits per heavy atom. The number of benzene rings is 1. The predicted octanol–water partition coefficient (Wildman–Crippen LogP) is 3.32. The first kappa shape index (κ1) is 19.3. The van der Waals surface area contributed by atoms with Gasteiger partial charge in [0, 0.05) is 34.5 Å². The predicted molar refractivity (Wildman–Crippen MR) is 98.4 cm³/mol. The number of rotatable bonds is 8. The molecule has 0 radical (unpaired) electrons. The number of carbonyl (C=O) groups excluding carboxylic acids is 1. The van der Waals surface area contributed by atoms with Gasteiger partial charge in [0.15, 0.2) is 0 Å². The molecule has 0 saturated heterocycles. The highest BCUT2D eigenvalue weighted by Gasteiger charge is 2.37. The fraction of sp³-hybridized carbons (Fsp3) is 0.462. The van der Waals surface area contributed by atoms with Crippen molar-refractivity contribution in [3.8, 4) is 0 Å². The van der Waals surface area contributed by atoms with Gasteiger partial charge in [0.05, 0.1) is 12.2 Å². The normalized spacial score (nSPS) is 11.5. The van der Waals surface area contributed by atoms with E-state index < -0.39 is 8.80 Å². The molecule has 0 saturated carbocycles. The number of hydrogen-bond acceptors (Lipinski definition) is 5. The Balaban J connectivity index is 2.49. The topological polar surface area (TPSA) is 54.0 Å². The van der Waals surface area contributed by atoms with Gasteiger partial charge in [0.2, 0.25) is 0 Å². The van der Waals surface area contributed by atoms with Crippen molar-refractivity contribution in [1.29, 1.82) is 0 Å². The smallest absolute Gasteiger partial charge is 0.462 e. The quantitative estimate of drug-likeness (QED) is 0.221. The minimum absolute atomic E-state index is 0.308. The molecule has 0 unspecified atom stereocenters. The molecular weight excluding hydrogens is 518 g/mol. The van der Waals surface area contributed by atoms with E-state index in [2.05, 4.69) is 45.2 Å². The van der Waals surface area contributed by atoms with E-state index in [1.54, 1.807) is 27.4 Å². The molecule has 118 valence electrons. The molecule has 0 atom stereocenters. The van der Waals surface area contributed by atoms with Gasteiger partial charge in [-0.25, -0.2) is 4.79 Å². The highest BCUT2D eigenvalue weighted by atomic mass is 127. The Morgan fingerprint density at radius 3 is 2.33 bits per heavy atom. The summed E-state index contributed by atoms with van der Waals surface area (Å²) in [6, 6.07) is 6.17. The Hall–Kier alpha value is 0.247. The third-order valence-electron chi connectivity index (χ3n) is 2.96. The fourth-order valence-electron chi connectivity index (χ4n) is 1.75. The van der Waals surface area contributed by atoms with Crippen LogP contribution in [-0.4, -0.2) is 42.7 Å². The van der Waals surface area contributed by atoms with Gasteiger partial charge in [-0.15, -0.1) is 0 Å². The molecule has 0 aliphatic heterocycles. The van der Waals surface area contributed by atoms with Crippen LogP contribution in [0.1, 0.15) is 16.8 Å². The van der Waals surface area contributed by atoms with Crippen LogP contribution in [0, 0.1) is 7.14 Å². The molecule has 0 aromatic heterocycles. The summed E-state index contributed by atoms with van der Waals surface area (Å²) in [5, 5.41) is 0. The summed E-state index contributed by atoms with van der Waals surface area (Å²) >= 11 is 4.34. The van der Waals surface area contributed by atoms with Crippen molar-refractivity contribution in [3.63, 3.8) is 0 Å². The lowest BCUT2D eigenvalue weighted by atomic mass is 10.2. The largest absolute Gasteiger partial charge is 0.500 e. The molecule has 0 spiro atoms. The average Bonchev–Trinajstić information content (AvgIpc) is 2.51. The lowest BCUT2D eigenvalue weighted by Gasteiger charge is -2.24. The highest BCUT2D eigenvalue weighted by Crippen LogP contribution is 2.20. The lowest BCUT2D eigenvalue weighted by molar-refractivity contribution is 0.0492. The second-order valence-electron chi connectivity index (χ2n) is 4.14. The summed E-state index contributed by atoms with van der Waals surface area (Å²) < 4.78 is 23.2. The molecule has 0 heterocycles. The summed E-state index contributed by atoms with van der Waals surface area (Å²) in [4.78, 5) is 12.0. The van der Waals surface area contributed by atoms with E-state index in [1.807, 2.05) is 12.1 Å². The van der Waals surface area contributed by atoms with Crippen LogP contribution in [0.25, 0.3) is 0 Å². The first-order valence-electron chi connectivity index (χ1n) is 6.26. The van der Waals surface area contributed by atoms with E-state index >= 15 is 0 Å². The Labute approximate surface area is 153 Å². The summed E-state index contributed by atoms with van der Waals surface area (Å²) in [6.07, 6.45) is 0.633. The monoisotopic (exact) mass is 536 g/mol. The minimum atomic E-state index is -2.58. The number of esters is 1. The van der Waals surface area contributed by atoms with Crippen LogP contribution >= 0.6 is 45.2 Å². The third kappa shape index (κ3) is 5.43. The van der Waals surface area contributed by atoms with E-state index in [0.29, 0.717) is 24.6 Å². The van der Waals surface area contributed by atoms with E-state index in [9.17, 15) is 4.79 Å². The summed E-state index contributed by atoms with van der Waals surface area (Å²) in [5.41, 5.74) is 0.594. The van der Waals surface area contributed by atoms with Crippen LogP contribution in [-0.2, 0) is 18.0 Å². The van der Waals surface area contributed by atoms with Crippen molar-refractivity contribution in [1.82, 2.24) is 0 Å². The highest BCUT2D eigenvalue weighted by molar-refractivity contribution is 14.1. The first-order chi connectivity index (χ1) is 9.99. The van der Waals surface area contributed by atoms with Gasteiger partial charge in [-0.05, 0) is 63.7 Å². The lowest BCUT2D eigenvalue weighted by Crippen LogP contribution is -2.42. The van der Waals surface area contributed by atoms with Crippen LogP contribution in [0.2, 0.25) is 6.04 Å². The second kappa shape index (κ2) is 9.40. The van der Waals surface area contributed by atoms with Crippen LogP contribution < -0.4 is 0 Å². The van der Waals surface area contributed by atoms with Gasteiger partial charge < -0.3 is 18.0 Å². The standard InChI is InChI=1S/C13H18I2O5Si/c1-17-21(18-2,19-3)9-5-8-20-13(16)10-6-4-7-11(14)12(10)15/h4,6-7H,5,8-9H2,1-3H3. The van der Waals surface area contributed by atoms with Crippen LogP contribution in [0.5, 0.6) is 0 Å².